The minimum absolute atomic E-state index is 0. The van der Waals surface area contributed by atoms with Crippen LogP contribution < -0.4 is 20.7 Å². The number of hydrogen-bond donors (Lipinski definition) is 2. The van der Waals surface area contributed by atoms with E-state index in [2.05, 4.69) is 23.2 Å². The van der Waals surface area contributed by atoms with Crippen molar-refractivity contribution in [1.82, 2.24) is 5.32 Å². The largest absolute Gasteiger partial charge is 0.495 e. The summed E-state index contributed by atoms with van der Waals surface area (Å²) in [5.41, 5.74) is 7.13. The number of carbonyl (C=O) groups is 1. The molecular formula is C18H30ClN3O2. The van der Waals surface area contributed by atoms with Gasteiger partial charge in [-0.15, -0.1) is 12.4 Å². The van der Waals surface area contributed by atoms with Gasteiger partial charge < -0.3 is 20.7 Å². The average molecular weight is 356 g/mol. The quantitative estimate of drug-likeness (QED) is 0.823. The highest BCUT2D eigenvalue weighted by atomic mass is 35.5. The molecule has 1 fully saturated rings. The molecule has 1 aliphatic rings. The monoisotopic (exact) mass is 355 g/mol. The minimum Gasteiger partial charge on any atom is -0.495 e. The van der Waals surface area contributed by atoms with Crippen LogP contribution >= 0.6 is 12.4 Å². The maximum Gasteiger partial charge on any atom is 0.237 e. The summed E-state index contributed by atoms with van der Waals surface area (Å²) in [7, 11) is 1.70. The van der Waals surface area contributed by atoms with Gasteiger partial charge in [-0.05, 0) is 30.9 Å². The number of nitrogens with one attached hydrogen (secondary N) is 1. The highest BCUT2D eigenvalue weighted by Gasteiger charge is 2.25. The first-order valence-electron chi connectivity index (χ1n) is 8.50. The second-order valence-corrected chi connectivity index (χ2v) is 6.35. The van der Waals surface area contributed by atoms with E-state index in [0.29, 0.717) is 0 Å². The first-order chi connectivity index (χ1) is 11.1. The molecule has 0 spiro atoms. The van der Waals surface area contributed by atoms with E-state index in [1.807, 2.05) is 25.1 Å². The number of rotatable bonds is 6. The van der Waals surface area contributed by atoms with Gasteiger partial charge in [-0.3, -0.25) is 4.79 Å². The van der Waals surface area contributed by atoms with Crippen LogP contribution in [0.15, 0.2) is 24.3 Å². The number of halogens is 1. The maximum absolute atomic E-state index is 12.2. The molecule has 24 heavy (non-hydrogen) atoms. The zero-order valence-corrected chi connectivity index (χ0v) is 15.6. The molecule has 2 unspecified atom stereocenters. The molecule has 1 aromatic carbocycles. The van der Waals surface area contributed by atoms with Gasteiger partial charge >= 0.3 is 0 Å². The Bertz CT molecular complexity index is 519. The summed E-state index contributed by atoms with van der Waals surface area (Å²) in [5.74, 6) is 1.09. The van der Waals surface area contributed by atoms with Crippen LogP contribution in [0.1, 0.15) is 33.1 Å². The molecule has 1 saturated heterocycles. The summed E-state index contributed by atoms with van der Waals surface area (Å²) in [5, 5.41) is 3.11. The van der Waals surface area contributed by atoms with Crippen molar-refractivity contribution in [3.8, 4) is 5.75 Å². The van der Waals surface area contributed by atoms with Gasteiger partial charge in [0.25, 0.3) is 0 Å². The van der Waals surface area contributed by atoms with Crippen molar-refractivity contribution in [2.75, 3.05) is 25.1 Å². The van der Waals surface area contributed by atoms with Gasteiger partial charge in [0.1, 0.15) is 5.75 Å². The van der Waals surface area contributed by atoms with Gasteiger partial charge in [0, 0.05) is 19.1 Å². The standard InChI is InChI=1S/C18H29N3O2.ClH/c1-4-13(2)17(19)18(22)20-14-9-11-21(12-10-14)15-7-5-6-8-16(15)23-3;/h5-8,13-14,17H,4,9-12,19H2,1-3H3,(H,20,22);1H. The van der Waals surface area contributed by atoms with E-state index in [1.165, 1.54) is 0 Å². The zero-order chi connectivity index (χ0) is 16.8. The van der Waals surface area contributed by atoms with Crippen molar-refractivity contribution >= 4 is 24.0 Å². The maximum atomic E-state index is 12.2. The molecule has 1 heterocycles. The fourth-order valence-corrected chi connectivity index (χ4v) is 2.97. The summed E-state index contributed by atoms with van der Waals surface area (Å²) >= 11 is 0. The Morgan fingerprint density at radius 2 is 2.00 bits per heavy atom. The predicted octanol–water partition coefficient (Wildman–Crippen LogP) is 2.58. The van der Waals surface area contributed by atoms with Crippen LogP contribution in [0.2, 0.25) is 0 Å². The van der Waals surface area contributed by atoms with Crippen molar-refractivity contribution in [3.05, 3.63) is 24.3 Å². The van der Waals surface area contributed by atoms with Crippen LogP contribution in [0.4, 0.5) is 5.69 Å². The smallest absolute Gasteiger partial charge is 0.237 e. The third kappa shape index (κ3) is 5.02. The fourth-order valence-electron chi connectivity index (χ4n) is 2.97. The third-order valence-corrected chi connectivity index (χ3v) is 4.83. The molecule has 1 aliphatic heterocycles. The number of hydrogen-bond acceptors (Lipinski definition) is 4. The number of carbonyl (C=O) groups excluding carboxylic acids is 1. The Labute approximate surface area is 151 Å². The summed E-state index contributed by atoms with van der Waals surface area (Å²) in [6.07, 6.45) is 2.77. The van der Waals surface area contributed by atoms with E-state index in [0.717, 1.165) is 43.8 Å². The number of para-hydroxylation sites is 2. The SMILES string of the molecule is CCC(C)C(N)C(=O)NC1CCN(c2ccccc2OC)CC1.Cl. The molecule has 0 bridgehead atoms. The molecule has 136 valence electrons. The van der Waals surface area contributed by atoms with Crippen LogP contribution in [-0.2, 0) is 4.79 Å². The summed E-state index contributed by atoms with van der Waals surface area (Å²) < 4.78 is 5.43. The highest BCUT2D eigenvalue weighted by molar-refractivity contribution is 5.85. The van der Waals surface area contributed by atoms with Gasteiger partial charge in [0.2, 0.25) is 5.91 Å². The zero-order valence-electron chi connectivity index (χ0n) is 14.8. The molecule has 2 atom stereocenters. The normalized spacial score (nSPS) is 17.6. The molecule has 1 amide bonds. The molecule has 0 saturated carbocycles. The molecule has 0 aromatic heterocycles. The van der Waals surface area contributed by atoms with Gasteiger partial charge in [0.15, 0.2) is 0 Å². The Kier molecular flexibility index (Phi) is 8.36. The fraction of sp³-hybridized carbons (Fsp3) is 0.611. The van der Waals surface area contributed by atoms with E-state index >= 15 is 0 Å². The lowest BCUT2D eigenvalue weighted by Gasteiger charge is -2.35. The molecular weight excluding hydrogens is 326 g/mol. The van der Waals surface area contributed by atoms with Crippen molar-refractivity contribution in [2.24, 2.45) is 11.7 Å². The molecule has 0 aliphatic carbocycles. The van der Waals surface area contributed by atoms with Crippen molar-refractivity contribution < 1.29 is 9.53 Å². The summed E-state index contributed by atoms with van der Waals surface area (Å²) in [6.45, 7) is 5.89. The lowest BCUT2D eigenvalue weighted by Crippen LogP contribution is -2.51. The first-order valence-corrected chi connectivity index (χ1v) is 8.50. The Balaban J connectivity index is 0.00000288. The Hall–Kier alpha value is -1.46. The van der Waals surface area contributed by atoms with E-state index in [9.17, 15) is 4.79 Å². The lowest BCUT2D eigenvalue weighted by atomic mass is 9.98. The molecule has 3 N–H and O–H groups in total. The minimum atomic E-state index is -0.410. The van der Waals surface area contributed by atoms with E-state index in [-0.39, 0.29) is 30.3 Å². The van der Waals surface area contributed by atoms with Crippen LogP contribution in [0.5, 0.6) is 5.75 Å². The molecule has 2 rings (SSSR count). The number of nitrogens with two attached hydrogens (primary N) is 1. The summed E-state index contributed by atoms with van der Waals surface area (Å²) in [6, 6.07) is 7.86. The van der Waals surface area contributed by atoms with Crippen LogP contribution in [-0.4, -0.2) is 38.2 Å². The van der Waals surface area contributed by atoms with Crippen LogP contribution in [0.25, 0.3) is 0 Å². The van der Waals surface area contributed by atoms with Crippen molar-refractivity contribution in [2.45, 2.75) is 45.2 Å². The molecule has 0 radical (unpaired) electrons. The first kappa shape index (κ1) is 20.6. The number of benzene rings is 1. The number of amides is 1. The van der Waals surface area contributed by atoms with Crippen LogP contribution in [0.3, 0.4) is 0 Å². The second-order valence-electron chi connectivity index (χ2n) is 6.35. The molecule has 5 nitrogen and oxygen atoms in total. The van der Waals surface area contributed by atoms with Gasteiger partial charge in [-0.25, -0.2) is 0 Å². The lowest BCUT2D eigenvalue weighted by molar-refractivity contribution is -0.124. The predicted molar refractivity (Wildman–Crippen MR) is 101 cm³/mol. The topological polar surface area (TPSA) is 67.6 Å². The number of methoxy groups -OCH3 is 1. The summed E-state index contributed by atoms with van der Waals surface area (Å²) in [4.78, 5) is 14.5. The van der Waals surface area contributed by atoms with E-state index in [1.54, 1.807) is 7.11 Å². The second kappa shape index (κ2) is 9.74. The van der Waals surface area contributed by atoms with Gasteiger partial charge in [0.05, 0.1) is 18.8 Å². The Morgan fingerprint density at radius 3 is 2.58 bits per heavy atom. The Morgan fingerprint density at radius 1 is 1.38 bits per heavy atom. The third-order valence-electron chi connectivity index (χ3n) is 4.83. The average Bonchev–Trinajstić information content (AvgIpc) is 2.60. The molecule has 1 aromatic rings. The number of piperidine rings is 1. The van der Waals surface area contributed by atoms with E-state index < -0.39 is 6.04 Å². The molecule has 6 heteroatoms. The van der Waals surface area contributed by atoms with Crippen molar-refractivity contribution in [3.63, 3.8) is 0 Å². The number of nitrogens with zero attached hydrogens (tertiary/aromatic N) is 1. The number of ether oxygens (including phenoxy) is 1. The van der Waals surface area contributed by atoms with E-state index in [4.69, 9.17) is 10.5 Å². The number of anilines is 1. The highest BCUT2D eigenvalue weighted by Crippen LogP contribution is 2.29. The van der Waals surface area contributed by atoms with Crippen molar-refractivity contribution in [1.29, 1.82) is 0 Å². The van der Waals surface area contributed by atoms with Gasteiger partial charge in [-0.2, -0.15) is 0 Å². The van der Waals surface area contributed by atoms with Gasteiger partial charge in [-0.1, -0.05) is 32.4 Å². The van der Waals surface area contributed by atoms with Crippen LogP contribution in [0, 0.1) is 5.92 Å².